The van der Waals surface area contributed by atoms with E-state index < -0.39 is 0 Å². The van der Waals surface area contributed by atoms with Crippen molar-refractivity contribution in [2.45, 2.75) is 12.8 Å². The van der Waals surface area contributed by atoms with E-state index in [4.69, 9.17) is 0 Å². The van der Waals surface area contributed by atoms with Gasteiger partial charge in [0.25, 0.3) is 0 Å². The molecule has 0 saturated heterocycles. The Morgan fingerprint density at radius 3 is 1.45 bits per heavy atom. The molecule has 2 heteroatoms. The molecule has 0 unspecified atom stereocenters. The second kappa shape index (κ2) is 16.9. The maximum atomic E-state index is 2.48. The van der Waals surface area contributed by atoms with Crippen LogP contribution in [0.2, 0.25) is 0 Å². The molecule has 312 valence electrons. The molecular weight excluding hydrogens is 797 g/mol. The highest BCUT2D eigenvalue weighted by Gasteiger charge is 2.21. The molecule has 0 N–H and O–H groups in total. The number of fused-ring (bicyclic) bond motifs is 4. The fourth-order valence-electron chi connectivity index (χ4n) is 10.0. The largest absolute Gasteiger partial charge is 0.314 e. The average Bonchev–Trinajstić information content (AvgIpc) is 3.72. The van der Waals surface area contributed by atoms with Crippen LogP contribution in [0.3, 0.4) is 0 Å². The predicted molar refractivity (Wildman–Crippen MR) is 280 cm³/mol. The van der Waals surface area contributed by atoms with Crippen LogP contribution >= 0.6 is 0 Å². The number of nitrogens with zero attached hydrogens (tertiary/aromatic N) is 2. The van der Waals surface area contributed by atoms with E-state index in [1.54, 1.807) is 0 Å². The van der Waals surface area contributed by atoms with Gasteiger partial charge in [0.2, 0.25) is 0 Å². The molecule has 0 spiro atoms. The first kappa shape index (κ1) is 39.2. The zero-order valence-electron chi connectivity index (χ0n) is 36.6. The second-order valence-corrected chi connectivity index (χ2v) is 17.3. The Balaban J connectivity index is 0.932. The highest BCUT2D eigenvalue weighted by molar-refractivity contribution is 6.13. The SMILES string of the molecule is C1=C(c2ccccc2)CCC(N(c2ccc(-c3ccccc3-c3ccc(-n4c5ccccc5c5cc6ccccc6cc54)cc3)cc2)c2cc(-c3ccccc3)cc(-c3ccccc3)c2)=C1. The molecule has 0 bridgehead atoms. The molecule has 0 saturated carbocycles. The third kappa shape index (κ3) is 7.29. The lowest BCUT2D eigenvalue weighted by molar-refractivity contribution is 0.930. The van der Waals surface area contributed by atoms with Gasteiger partial charge < -0.3 is 9.47 Å². The normalized spacial score (nSPS) is 12.6. The van der Waals surface area contributed by atoms with Gasteiger partial charge >= 0.3 is 0 Å². The van der Waals surface area contributed by atoms with Crippen molar-refractivity contribution in [3.63, 3.8) is 0 Å². The summed E-state index contributed by atoms with van der Waals surface area (Å²) < 4.78 is 2.41. The molecule has 10 aromatic carbocycles. The Bertz CT molecular complexity index is 3540. The van der Waals surface area contributed by atoms with Crippen LogP contribution in [-0.2, 0) is 0 Å². The van der Waals surface area contributed by atoms with Gasteiger partial charge in [-0.25, -0.2) is 0 Å². The fraction of sp³-hybridized carbons (Fsp3) is 0.0312. The monoisotopic (exact) mass is 842 g/mol. The molecule has 11 aromatic rings. The topological polar surface area (TPSA) is 8.17 Å². The summed E-state index contributed by atoms with van der Waals surface area (Å²) in [5.74, 6) is 0. The lowest BCUT2D eigenvalue weighted by Gasteiger charge is -2.31. The number of para-hydroxylation sites is 1. The molecular formula is C64H46N2. The van der Waals surface area contributed by atoms with Crippen molar-refractivity contribution in [2.24, 2.45) is 0 Å². The number of allylic oxidation sites excluding steroid dienone is 4. The van der Waals surface area contributed by atoms with E-state index in [-0.39, 0.29) is 0 Å². The summed E-state index contributed by atoms with van der Waals surface area (Å²) in [6.45, 7) is 0. The van der Waals surface area contributed by atoms with Crippen LogP contribution in [0.1, 0.15) is 18.4 Å². The lowest BCUT2D eigenvalue weighted by atomic mass is 9.93. The van der Waals surface area contributed by atoms with Gasteiger partial charge in [0.15, 0.2) is 0 Å². The zero-order chi connectivity index (χ0) is 43.8. The summed E-state index contributed by atoms with van der Waals surface area (Å²) in [4.78, 5) is 2.48. The molecule has 1 heterocycles. The Morgan fingerprint density at radius 1 is 0.318 bits per heavy atom. The summed E-state index contributed by atoms with van der Waals surface area (Å²) in [6.07, 6.45) is 6.54. The van der Waals surface area contributed by atoms with Crippen molar-refractivity contribution in [1.29, 1.82) is 0 Å². The van der Waals surface area contributed by atoms with Gasteiger partial charge in [-0.05, 0) is 146 Å². The van der Waals surface area contributed by atoms with Crippen molar-refractivity contribution in [3.8, 4) is 50.2 Å². The summed E-state index contributed by atoms with van der Waals surface area (Å²) in [5, 5.41) is 5.05. The molecule has 1 aliphatic rings. The van der Waals surface area contributed by atoms with E-state index in [1.807, 2.05) is 0 Å². The number of aromatic nitrogens is 1. The maximum absolute atomic E-state index is 2.48. The quantitative estimate of drug-likeness (QED) is 0.141. The molecule has 0 fully saturated rings. The van der Waals surface area contributed by atoms with Gasteiger partial charge in [0.05, 0.1) is 11.0 Å². The first-order valence-electron chi connectivity index (χ1n) is 23.0. The standard InChI is InChI=1S/C64H46N2/c1-4-16-45(17-5-1)48-28-34-55(35-29-48)65(58-41-53(46-18-6-2-7-19-46)40-54(42-58)47-20-8-3-9-21-47)56-36-30-49(31-37-56)59-24-12-13-25-60(59)50-32-38-57(39-33-50)66-63-27-15-14-26-61(63)62-43-51-22-10-11-23-52(51)44-64(62)66/h1-28,30-34,36-44H,29,35H2. The van der Waals surface area contributed by atoms with E-state index in [0.29, 0.717) is 0 Å². The lowest BCUT2D eigenvalue weighted by Crippen LogP contribution is -2.18. The van der Waals surface area contributed by atoms with Crippen LogP contribution in [0.5, 0.6) is 0 Å². The number of anilines is 2. The van der Waals surface area contributed by atoms with Crippen LogP contribution < -0.4 is 4.90 Å². The van der Waals surface area contributed by atoms with Crippen LogP contribution in [-0.4, -0.2) is 4.57 Å². The minimum Gasteiger partial charge on any atom is -0.314 e. The first-order chi connectivity index (χ1) is 32.7. The van der Waals surface area contributed by atoms with E-state index in [2.05, 4.69) is 264 Å². The molecule has 1 aliphatic carbocycles. The molecule has 2 nitrogen and oxygen atoms in total. The van der Waals surface area contributed by atoms with Crippen LogP contribution in [0.25, 0.3) is 88.3 Å². The number of benzene rings is 10. The molecule has 0 radical (unpaired) electrons. The number of hydrogen-bond donors (Lipinski definition) is 0. The molecule has 66 heavy (non-hydrogen) atoms. The molecule has 0 atom stereocenters. The third-order valence-electron chi connectivity index (χ3n) is 13.3. The second-order valence-electron chi connectivity index (χ2n) is 17.3. The van der Waals surface area contributed by atoms with Crippen molar-refractivity contribution in [1.82, 2.24) is 4.57 Å². The predicted octanol–water partition coefficient (Wildman–Crippen LogP) is 17.5. The Labute approximate surface area is 386 Å². The first-order valence-corrected chi connectivity index (χ1v) is 23.0. The van der Waals surface area contributed by atoms with Crippen molar-refractivity contribution >= 4 is 49.5 Å². The molecule has 0 amide bonds. The zero-order valence-corrected chi connectivity index (χ0v) is 36.6. The van der Waals surface area contributed by atoms with Crippen molar-refractivity contribution in [2.75, 3.05) is 4.90 Å². The fourth-order valence-corrected chi connectivity index (χ4v) is 10.0. The molecule has 0 aliphatic heterocycles. The highest BCUT2D eigenvalue weighted by atomic mass is 15.1. The van der Waals surface area contributed by atoms with Crippen LogP contribution in [0.4, 0.5) is 11.4 Å². The highest BCUT2D eigenvalue weighted by Crippen LogP contribution is 2.42. The van der Waals surface area contributed by atoms with Gasteiger partial charge in [-0.1, -0.05) is 188 Å². The van der Waals surface area contributed by atoms with E-state index in [9.17, 15) is 0 Å². The van der Waals surface area contributed by atoms with Crippen LogP contribution in [0.15, 0.2) is 261 Å². The minimum atomic E-state index is 0.919. The van der Waals surface area contributed by atoms with Crippen molar-refractivity contribution in [3.05, 3.63) is 266 Å². The number of hydrogen-bond acceptors (Lipinski definition) is 1. The van der Waals surface area contributed by atoms with Crippen molar-refractivity contribution < 1.29 is 0 Å². The van der Waals surface area contributed by atoms with E-state index in [1.165, 1.54) is 93.9 Å². The summed E-state index contributed by atoms with van der Waals surface area (Å²) >= 11 is 0. The number of rotatable bonds is 9. The van der Waals surface area contributed by atoms with Gasteiger partial charge in [0.1, 0.15) is 0 Å². The molecule has 1 aromatic heterocycles. The average molecular weight is 843 g/mol. The summed E-state index contributed by atoms with van der Waals surface area (Å²) in [6, 6.07) is 88.5. The van der Waals surface area contributed by atoms with E-state index in [0.717, 1.165) is 29.9 Å². The Kier molecular flexibility index (Phi) is 10.0. The Hall–Kier alpha value is -8.46. The van der Waals surface area contributed by atoms with Gasteiger partial charge in [0, 0.05) is 33.5 Å². The smallest absolute Gasteiger partial charge is 0.0547 e. The minimum absolute atomic E-state index is 0.919. The van der Waals surface area contributed by atoms with E-state index >= 15 is 0 Å². The van der Waals surface area contributed by atoms with Gasteiger partial charge in [-0.3, -0.25) is 0 Å². The van der Waals surface area contributed by atoms with Gasteiger partial charge in [-0.2, -0.15) is 0 Å². The summed E-state index contributed by atoms with van der Waals surface area (Å²) in [7, 11) is 0. The summed E-state index contributed by atoms with van der Waals surface area (Å²) in [5.41, 5.74) is 19.3. The third-order valence-corrected chi connectivity index (χ3v) is 13.3. The molecule has 12 rings (SSSR count). The maximum Gasteiger partial charge on any atom is 0.0547 e. The Morgan fingerprint density at radius 2 is 0.848 bits per heavy atom. The van der Waals surface area contributed by atoms with Gasteiger partial charge in [-0.15, -0.1) is 0 Å². The van der Waals surface area contributed by atoms with Crippen LogP contribution in [0, 0.1) is 0 Å².